The van der Waals surface area contributed by atoms with Crippen molar-refractivity contribution >= 4 is 11.8 Å². The van der Waals surface area contributed by atoms with Gasteiger partial charge in [0.25, 0.3) is 11.8 Å². The zero-order valence-electron chi connectivity index (χ0n) is 14.7. The zero-order valence-corrected chi connectivity index (χ0v) is 14.7. The molecule has 0 radical (unpaired) electrons. The number of hydrogen-bond donors (Lipinski definition) is 0. The lowest BCUT2D eigenvalue weighted by atomic mass is 10.1. The van der Waals surface area contributed by atoms with E-state index in [4.69, 9.17) is 4.74 Å². The van der Waals surface area contributed by atoms with E-state index in [9.17, 15) is 9.59 Å². The van der Waals surface area contributed by atoms with Crippen LogP contribution in [0, 0.1) is 0 Å². The van der Waals surface area contributed by atoms with Gasteiger partial charge >= 0.3 is 0 Å². The molecule has 0 spiro atoms. The molecule has 0 aliphatic carbocycles. The molecule has 1 fully saturated rings. The molecule has 0 bridgehead atoms. The fourth-order valence-corrected chi connectivity index (χ4v) is 3.51. The first-order valence-corrected chi connectivity index (χ1v) is 8.67. The highest BCUT2D eigenvalue weighted by molar-refractivity contribution is 5.87. The highest BCUT2D eigenvalue weighted by Gasteiger charge is 2.35. The Morgan fingerprint density at radius 2 is 1.35 bits per heavy atom. The number of hydrazine groups is 1. The average molecular weight is 351 g/mol. The number of fused-ring (bicyclic) bond motifs is 2. The zero-order chi connectivity index (χ0) is 18.1. The lowest BCUT2D eigenvalue weighted by Gasteiger charge is -2.37. The van der Waals surface area contributed by atoms with Crippen LogP contribution < -0.4 is 4.74 Å². The van der Waals surface area contributed by atoms with Gasteiger partial charge in [-0.1, -0.05) is 36.4 Å². The number of hydrogen-bond acceptors (Lipinski definition) is 4. The molecule has 1 saturated heterocycles. The second-order valence-corrected chi connectivity index (χ2v) is 6.66. The first kappa shape index (κ1) is 16.6. The summed E-state index contributed by atoms with van der Waals surface area (Å²) in [7, 11) is 1.63. The molecule has 2 aromatic carbocycles. The van der Waals surface area contributed by atoms with E-state index in [0.29, 0.717) is 19.6 Å². The topological polar surface area (TPSA) is 53.1 Å². The minimum atomic E-state index is -0.0427. The van der Waals surface area contributed by atoms with Crippen LogP contribution >= 0.6 is 0 Å². The number of nitrogens with zero attached hydrogens (tertiary/aromatic N) is 3. The van der Waals surface area contributed by atoms with Gasteiger partial charge in [0, 0.05) is 6.54 Å². The Hall–Kier alpha value is -2.86. The number of methoxy groups -OCH3 is 1. The number of carbonyl (C=O) groups excluding carboxylic acids is 2. The van der Waals surface area contributed by atoms with Crippen molar-refractivity contribution in [2.24, 2.45) is 0 Å². The fourth-order valence-electron chi connectivity index (χ4n) is 3.51. The van der Waals surface area contributed by atoms with Crippen molar-refractivity contribution in [2.75, 3.05) is 20.2 Å². The number of carbonyl (C=O) groups is 2. The van der Waals surface area contributed by atoms with Crippen LogP contribution in [0.15, 0.2) is 48.5 Å². The van der Waals surface area contributed by atoms with Crippen molar-refractivity contribution in [1.82, 2.24) is 14.9 Å². The molecule has 4 rings (SSSR count). The van der Waals surface area contributed by atoms with E-state index < -0.39 is 0 Å². The molecule has 2 aromatic rings. The lowest BCUT2D eigenvalue weighted by Crippen LogP contribution is -2.50. The predicted octanol–water partition coefficient (Wildman–Crippen LogP) is 1.80. The average Bonchev–Trinajstić information content (AvgIpc) is 2.77. The molecule has 0 saturated carbocycles. The second kappa shape index (κ2) is 6.80. The van der Waals surface area contributed by atoms with E-state index in [1.807, 2.05) is 53.4 Å². The maximum absolute atomic E-state index is 12.8. The predicted molar refractivity (Wildman–Crippen MR) is 95.8 cm³/mol. The maximum Gasteiger partial charge on any atom is 0.255 e. The number of ether oxygens (including phenoxy) is 1. The molecule has 6 heteroatoms. The van der Waals surface area contributed by atoms with Gasteiger partial charge in [-0.15, -0.1) is 0 Å². The molecule has 26 heavy (non-hydrogen) atoms. The molecule has 6 nitrogen and oxygen atoms in total. The van der Waals surface area contributed by atoms with Crippen molar-refractivity contribution in [3.05, 3.63) is 65.2 Å². The van der Waals surface area contributed by atoms with E-state index >= 15 is 0 Å². The Morgan fingerprint density at radius 3 is 1.85 bits per heavy atom. The number of rotatable bonds is 3. The van der Waals surface area contributed by atoms with E-state index in [0.717, 1.165) is 22.4 Å². The van der Waals surface area contributed by atoms with Gasteiger partial charge in [0.1, 0.15) is 5.75 Å². The highest BCUT2D eigenvalue weighted by atomic mass is 16.5. The molecule has 0 aromatic heterocycles. The van der Waals surface area contributed by atoms with Gasteiger partial charge in [0.2, 0.25) is 0 Å². The van der Waals surface area contributed by atoms with Crippen LogP contribution in [0.25, 0.3) is 0 Å². The SMILES string of the molecule is COc1ccc(CN2CC(=O)N3Cc4ccccc4CN3C(=O)C2)cc1. The lowest BCUT2D eigenvalue weighted by molar-refractivity contribution is -0.164. The van der Waals surface area contributed by atoms with Crippen LogP contribution in [0.3, 0.4) is 0 Å². The number of amides is 2. The van der Waals surface area contributed by atoms with Crippen LogP contribution in [0.2, 0.25) is 0 Å². The molecule has 134 valence electrons. The maximum atomic E-state index is 12.8. The molecule has 2 heterocycles. The van der Waals surface area contributed by atoms with E-state index in [1.54, 1.807) is 17.1 Å². The largest absolute Gasteiger partial charge is 0.497 e. The Balaban J connectivity index is 1.52. The Labute approximate surface area is 152 Å². The molecule has 2 aliphatic heterocycles. The summed E-state index contributed by atoms with van der Waals surface area (Å²) in [5.41, 5.74) is 3.26. The third-order valence-electron chi connectivity index (χ3n) is 4.91. The van der Waals surface area contributed by atoms with Crippen LogP contribution in [0.1, 0.15) is 16.7 Å². The van der Waals surface area contributed by atoms with Gasteiger partial charge in [0.05, 0.1) is 33.3 Å². The fraction of sp³-hybridized carbons (Fsp3) is 0.300. The minimum absolute atomic E-state index is 0.0427. The van der Waals surface area contributed by atoms with Crippen LogP contribution in [0.5, 0.6) is 5.75 Å². The second-order valence-electron chi connectivity index (χ2n) is 6.66. The van der Waals surface area contributed by atoms with Crippen LogP contribution in [-0.2, 0) is 29.2 Å². The Kier molecular flexibility index (Phi) is 4.34. The highest BCUT2D eigenvalue weighted by Crippen LogP contribution is 2.25. The minimum Gasteiger partial charge on any atom is -0.497 e. The third-order valence-corrected chi connectivity index (χ3v) is 4.91. The smallest absolute Gasteiger partial charge is 0.255 e. The van der Waals surface area contributed by atoms with E-state index in [-0.39, 0.29) is 24.9 Å². The molecule has 0 atom stereocenters. The molecule has 0 N–H and O–H groups in total. The summed E-state index contributed by atoms with van der Waals surface area (Å²) in [5, 5.41) is 3.19. The standard InChI is InChI=1S/C20H21N3O3/c1-26-18-8-6-15(7-9-18)10-21-13-19(24)22-11-16-4-2-3-5-17(16)12-23(22)20(25)14-21/h2-9H,10-14H2,1H3. The summed E-state index contributed by atoms with van der Waals surface area (Å²) < 4.78 is 5.17. The van der Waals surface area contributed by atoms with Crippen molar-refractivity contribution in [2.45, 2.75) is 19.6 Å². The van der Waals surface area contributed by atoms with Crippen molar-refractivity contribution < 1.29 is 14.3 Å². The van der Waals surface area contributed by atoms with Gasteiger partial charge in [0.15, 0.2) is 0 Å². The van der Waals surface area contributed by atoms with Gasteiger partial charge in [-0.3, -0.25) is 14.5 Å². The molecule has 0 unspecified atom stereocenters. The number of benzene rings is 2. The summed E-state index contributed by atoms with van der Waals surface area (Å²) in [4.78, 5) is 27.4. The summed E-state index contributed by atoms with van der Waals surface area (Å²) in [6.07, 6.45) is 0. The molecular weight excluding hydrogens is 330 g/mol. The molecule has 2 amide bonds. The summed E-state index contributed by atoms with van der Waals surface area (Å²) in [5.74, 6) is 0.704. The first-order valence-electron chi connectivity index (χ1n) is 8.67. The summed E-state index contributed by atoms with van der Waals surface area (Å²) >= 11 is 0. The first-order chi connectivity index (χ1) is 12.6. The quantitative estimate of drug-likeness (QED) is 0.846. The summed E-state index contributed by atoms with van der Waals surface area (Å²) in [6, 6.07) is 15.7. The Bertz CT molecular complexity index is 789. The van der Waals surface area contributed by atoms with E-state index in [1.165, 1.54) is 0 Å². The van der Waals surface area contributed by atoms with Gasteiger partial charge < -0.3 is 4.74 Å². The van der Waals surface area contributed by atoms with Crippen molar-refractivity contribution in [1.29, 1.82) is 0 Å². The summed E-state index contributed by atoms with van der Waals surface area (Å²) in [6.45, 7) is 1.93. The van der Waals surface area contributed by atoms with Gasteiger partial charge in [-0.05, 0) is 28.8 Å². The Morgan fingerprint density at radius 1 is 0.808 bits per heavy atom. The third kappa shape index (κ3) is 3.15. The van der Waals surface area contributed by atoms with Crippen LogP contribution in [-0.4, -0.2) is 46.9 Å². The van der Waals surface area contributed by atoms with Gasteiger partial charge in [-0.2, -0.15) is 0 Å². The molecular formula is C20H21N3O3. The van der Waals surface area contributed by atoms with Crippen molar-refractivity contribution in [3.8, 4) is 5.75 Å². The molecule has 2 aliphatic rings. The normalized spacial score (nSPS) is 17.6. The van der Waals surface area contributed by atoms with Crippen LogP contribution in [0.4, 0.5) is 0 Å². The van der Waals surface area contributed by atoms with E-state index in [2.05, 4.69) is 0 Å². The van der Waals surface area contributed by atoms with Gasteiger partial charge in [-0.25, -0.2) is 10.0 Å². The monoisotopic (exact) mass is 351 g/mol. The van der Waals surface area contributed by atoms with Crippen molar-refractivity contribution in [3.63, 3.8) is 0 Å².